The average Bonchev–Trinajstić information content (AvgIpc) is 3.26. The van der Waals surface area contributed by atoms with Crippen LogP contribution in [0.3, 0.4) is 0 Å². The Labute approximate surface area is 246 Å². The first-order valence-corrected chi connectivity index (χ1v) is 15.6. The van der Waals surface area contributed by atoms with Gasteiger partial charge in [-0.25, -0.2) is 0 Å². The van der Waals surface area contributed by atoms with Crippen molar-refractivity contribution in [2.24, 2.45) is 40.9 Å². The van der Waals surface area contributed by atoms with E-state index >= 15 is 4.79 Å². The van der Waals surface area contributed by atoms with Crippen molar-refractivity contribution < 1.29 is 24.2 Å². The number of nitrogens with one attached hydrogen (secondary N) is 1. The number of rotatable bonds is 7. The Morgan fingerprint density at radius 1 is 1.17 bits per heavy atom. The van der Waals surface area contributed by atoms with E-state index in [1.54, 1.807) is 12.1 Å². The quantitative estimate of drug-likeness (QED) is 0.284. The van der Waals surface area contributed by atoms with Gasteiger partial charge in [-0.05, 0) is 81.4 Å². The zero-order valence-electron chi connectivity index (χ0n) is 26.1. The molecule has 1 aromatic carbocycles. The van der Waals surface area contributed by atoms with E-state index in [2.05, 4.69) is 59.0 Å². The van der Waals surface area contributed by atoms with Crippen molar-refractivity contribution in [1.82, 2.24) is 5.32 Å². The van der Waals surface area contributed by atoms with Gasteiger partial charge in [0, 0.05) is 18.3 Å². The number of fused-ring (bicyclic) bond motifs is 2. The molecule has 2 saturated heterocycles. The molecule has 2 aliphatic carbocycles. The van der Waals surface area contributed by atoms with Gasteiger partial charge in [-0.2, -0.15) is 0 Å². The number of ether oxygens (including phenoxy) is 2. The Morgan fingerprint density at radius 2 is 1.85 bits per heavy atom. The van der Waals surface area contributed by atoms with Crippen LogP contribution in [-0.2, 0) is 25.5 Å². The summed E-state index contributed by atoms with van der Waals surface area (Å²) in [5, 5.41) is 12.9. The first-order valence-electron chi connectivity index (χ1n) is 15.6. The summed E-state index contributed by atoms with van der Waals surface area (Å²) in [5.41, 5.74) is 2.12. The largest absolute Gasteiger partial charge is 0.508 e. The summed E-state index contributed by atoms with van der Waals surface area (Å²) in [6.07, 6.45) is 8.55. The fraction of sp³-hybridized carbons (Fsp3) is 0.657. The number of hydrogen-bond acceptors (Lipinski definition) is 5. The number of allylic oxidation sites excluding steroid dienone is 4. The third-order valence-electron chi connectivity index (χ3n) is 10.4. The highest BCUT2D eigenvalue weighted by molar-refractivity contribution is 6.06. The van der Waals surface area contributed by atoms with Crippen LogP contribution >= 0.6 is 0 Å². The summed E-state index contributed by atoms with van der Waals surface area (Å²) >= 11 is 0. The van der Waals surface area contributed by atoms with Crippen molar-refractivity contribution in [2.75, 3.05) is 0 Å². The number of Topliss-reactive ketones (excluding diaryl/α,β-unsaturated/α-hetero) is 1. The maximum Gasteiger partial charge on any atom is 0.235 e. The number of phenolic OH excluding ortho intramolecular Hbond substituents is 1. The smallest absolute Gasteiger partial charge is 0.235 e. The van der Waals surface area contributed by atoms with Crippen LogP contribution in [0.2, 0.25) is 0 Å². The van der Waals surface area contributed by atoms with Crippen molar-refractivity contribution in [3.05, 3.63) is 53.1 Å². The Hall–Kier alpha value is -2.44. The van der Waals surface area contributed by atoms with E-state index in [9.17, 15) is 9.90 Å². The van der Waals surface area contributed by atoms with E-state index in [-0.39, 0.29) is 40.6 Å². The highest BCUT2D eigenvalue weighted by atomic mass is 16.8. The molecule has 0 spiro atoms. The maximum atomic E-state index is 15.0. The van der Waals surface area contributed by atoms with Crippen LogP contribution in [-0.4, -0.2) is 34.4 Å². The van der Waals surface area contributed by atoms with Gasteiger partial charge in [0.25, 0.3) is 0 Å². The normalized spacial score (nSPS) is 39.0. The molecule has 1 saturated carbocycles. The van der Waals surface area contributed by atoms with Crippen LogP contribution in [0, 0.1) is 40.9 Å². The van der Waals surface area contributed by atoms with E-state index in [1.165, 1.54) is 11.1 Å². The molecule has 1 aromatic rings. The molecule has 4 aliphatic rings. The van der Waals surface area contributed by atoms with Gasteiger partial charge < -0.3 is 19.9 Å². The Bertz CT molecular complexity index is 1250. The second kappa shape index (κ2) is 10.7. The summed E-state index contributed by atoms with van der Waals surface area (Å²) in [6.45, 7) is 17.1. The van der Waals surface area contributed by atoms with Gasteiger partial charge in [-0.15, -0.1) is 0 Å². The number of amides is 1. The van der Waals surface area contributed by atoms with Crippen LogP contribution in [0.1, 0.15) is 86.6 Å². The summed E-state index contributed by atoms with van der Waals surface area (Å²) in [6, 6.07) is 6.89. The predicted molar refractivity (Wildman–Crippen MR) is 160 cm³/mol. The van der Waals surface area contributed by atoms with Gasteiger partial charge in [0.15, 0.2) is 17.3 Å². The second-order valence-corrected chi connectivity index (χ2v) is 14.3. The lowest BCUT2D eigenvalue weighted by molar-refractivity contribution is -0.179. The molecule has 2 heterocycles. The minimum atomic E-state index is -1.15. The zero-order chi connectivity index (χ0) is 29.9. The summed E-state index contributed by atoms with van der Waals surface area (Å²) in [4.78, 5) is 28.9. The van der Waals surface area contributed by atoms with E-state index in [1.807, 2.05) is 26.0 Å². The zero-order valence-corrected chi connectivity index (χ0v) is 26.1. The molecular formula is C35H49NO5. The maximum absolute atomic E-state index is 15.0. The number of carbonyl (C=O) groups is 2. The molecule has 41 heavy (non-hydrogen) atoms. The van der Waals surface area contributed by atoms with E-state index in [0.29, 0.717) is 18.3 Å². The van der Waals surface area contributed by atoms with Crippen molar-refractivity contribution in [2.45, 2.75) is 105 Å². The second-order valence-electron chi connectivity index (χ2n) is 14.3. The molecule has 6 nitrogen and oxygen atoms in total. The van der Waals surface area contributed by atoms with E-state index < -0.39 is 23.5 Å². The molecule has 3 fully saturated rings. The van der Waals surface area contributed by atoms with Crippen molar-refractivity contribution in [3.8, 4) is 5.75 Å². The molecule has 2 N–H and O–H groups in total. The Balaban J connectivity index is 1.56. The van der Waals surface area contributed by atoms with Gasteiger partial charge in [0.05, 0.1) is 0 Å². The van der Waals surface area contributed by atoms with Crippen LogP contribution < -0.4 is 5.32 Å². The molecule has 0 aromatic heterocycles. The monoisotopic (exact) mass is 563 g/mol. The molecule has 224 valence electrons. The van der Waals surface area contributed by atoms with Gasteiger partial charge in [-0.3, -0.25) is 9.59 Å². The van der Waals surface area contributed by atoms with E-state index in [0.717, 1.165) is 31.2 Å². The topological polar surface area (TPSA) is 84.9 Å². The van der Waals surface area contributed by atoms with Crippen LogP contribution in [0.4, 0.5) is 0 Å². The third-order valence-corrected chi connectivity index (χ3v) is 10.4. The SMILES string of the molecule is CCC(C)/C=C(\C)C1C(C)=C[C@@]2(C)C[C@@H](C)CC[C@@H]2[C@H]1C(=O)C1C(=O)NC2(Cc3ccc(O)cc3)OC(C)(C)OC12. The number of carbonyl (C=O) groups excluding carboxylic acids is 2. The number of hydrogen-bond donors (Lipinski definition) is 2. The van der Waals surface area contributed by atoms with Crippen molar-refractivity contribution in [3.63, 3.8) is 0 Å². The molecule has 1 amide bonds. The molecule has 2 aliphatic heterocycles. The molecule has 0 bridgehead atoms. The lowest BCUT2D eigenvalue weighted by atomic mass is 9.51. The standard InChI is InChI=1S/C35H49NO5/c1-9-20(2)16-22(4)27-23(5)18-34(8)17-21(3)10-15-26(34)28(27)30(38)29-31-35(36-32(29)39,41-33(6,7)40-31)19-24-11-13-25(37)14-12-24/h11-14,16,18,20-21,26-29,31,37H,9-10,15,17,19H2,1-8H3,(H,36,39)/b22-16+/t20?,21-,26+,27?,28+,29?,31?,34+,35?/m0/s1. The molecule has 5 rings (SSSR count). The number of benzene rings is 1. The van der Waals surface area contributed by atoms with Crippen molar-refractivity contribution >= 4 is 11.7 Å². The van der Waals surface area contributed by atoms with Gasteiger partial charge in [0.1, 0.15) is 17.8 Å². The van der Waals surface area contributed by atoms with Crippen LogP contribution in [0.25, 0.3) is 0 Å². The summed E-state index contributed by atoms with van der Waals surface area (Å²) in [5.74, 6) is -1.21. The van der Waals surface area contributed by atoms with Gasteiger partial charge in [0.2, 0.25) is 5.91 Å². The minimum absolute atomic E-state index is 0.0125. The van der Waals surface area contributed by atoms with Gasteiger partial charge in [-0.1, -0.05) is 76.0 Å². The number of ketones is 1. The molecule has 6 heteroatoms. The lowest BCUT2D eigenvalue weighted by Crippen LogP contribution is -2.51. The minimum Gasteiger partial charge on any atom is -0.508 e. The fourth-order valence-electron chi connectivity index (χ4n) is 8.72. The number of phenols is 1. The third kappa shape index (κ3) is 5.43. The average molecular weight is 564 g/mol. The molecule has 0 radical (unpaired) electrons. The van der Waals surface area contributed by atoms with Crippen LogP contribution in [0.5, 0.6) is 5.75 Å². The molecule has 9 atom stereocenters. The number of aromatic hydroxyl groups is 1. The summed E-state index contributed by atoms with van der Waals surface area (Å²) in [7, 11) is 0. The fourth-order valence-corrected chi connectivity index (χ4v) is 8.72. The lowest BCUT2D eigenvalue weighted by Gasteiger charge is -2.52. The highest BCUT2D eigenvalue weighted by Crippen LogP contribution is 2.57. The molecule has 5 unspecified atom stereocenters. The summed E-state index contributed by atoms with van der Waals surface area (Å²) < 4.78 is 12.9. The molecular weight excluding hydrogens is 514 g/mol. The van der Waals surface area contributed by atoms with Gasteiger partial charge >= 0.3 is 0 Å². The first kappa shape index (κ1) is 30.0. The Kier molecular flexibility index (Phi) is 7.82. The van der Waals surface area contributed by atoms with Crippen molar-refractivity contribution in [1.29, 1.82) is 0 Å². The predicted octanol–water partition coefficient (Wildman–Crippen LogP) is 6.72. The Morgan fingerprint density at radius 3 is 2.51 bits per heavy atom. The van der Waals surface area contributed by atoms with Crippen LogP contribution in [0.15, 0.2) is 47.6 Å². The van der Waals surface area contributed by atoms with E-state index in [4.69, 9.17) is 9.47 Å². The highest BCUT2D eigenvalue weighted by Gasteiger charge is 2.66. The first-order chi connectivity index (χ1) is 19.2.